The average molecular weight is 473 g/mol. The SMILES string of the molecule is CN=C(NCC1(C2CC2)CCC1)N1CCN(Cc2cc(C)on2)CC1.I. The minimum Gasteiger partial charge on any atom is -0.361 e. The van der Waals surface area contributed by atoms with Crippen molar-refractivity contribution in [1.29, 1.82) is 0 Å². The van der Waals surface area contributed by atoms with Crippen LogP contribution in [0.3, 0.4) is 0 Å². The van der Waals surface area contributed by atoms with Crippen molar-refractivity contribution in [1.82, 2.24) is 20.3 Å². The fourth-order valence-corrected chi connectivity index (χ4v) is 4.48. The van der Waals surface area contributed by atoms with E-state index in [1.54, 1.807) is 0 Å². The summed E-state index contributed by atoms with van der Waals surface area (Å²) in [5, 5.41) is 7.81. The maximum absolute atomic E-state index is 5.17. The number of halogens is 1. The third-order valence-corrected chi connectivity index (χ3v) is 6.34. The third-order valence-electron chi connectivity index (χ3n) is 6.34. The molecule has 26 heavy (non-hydrogen) atoms. The van der Waals surface area contributed by atoms with Crippen LogP contribution in [0.4, 0.5) is 0 Å². The molecule has 3 aliphatic rings. The van der Waals surface area contributed by atoms with Crippen molar-refractivity contribution in [3.8, 4) is 0 Å². The molecule has 0 aromatic carbocycles. The van der Waals surface area contributed by atoms with Gasteiger partial charge in [0.05, 0.1) is 5.69 Å². The molecule has 0 unspecified atom stereocenters. The molecule has 0 atom stereocenters. The number of guanidine groups is 1. The molecule has 0 bridgehead atoms. The van der Waals surface area contributed by atoms with Crippen LogP contribution in [0.25, 0.3) is 0 Å². The summed E-state index contributed by atoms with van der Waals surface area (Å²) in [4.78, 5) is 9.40. The number of nitrogens with one attached hydrogen (secondary N) is 1. The molecule has 7 heteroatoms. The number of aliphatic imine (C=N–C) groups is 1. The van der Waals surface area contributed by atoms with E-state index in [9.17, 15) is 0 Å². The number of aromatic nitrogens is 1. The molecule has 0 spiro atoms. The summed E-state index contributed by atoms with van der Waals surface area (Å²) < 4.78 is 5.17. The van der Waals surface area contributed by atoms with Gasteiger partial charge in [0.1, 0.15) is 5.76 Å². The van der Waals surface area contributed by atoms with Gasteiger partial charge < -0.3 is 14.7 Å². The lowest BCUT2D eigenvalue weighted by atomic mass is 9.65. The van der Waals surface area contributed by atoms with Crippen LogP contribution in [-0.4, -0.2) is 60.7 Å². The molecule has 1 N–H and O–H groups in total. The van der Waals surface area contributed by atoms with E-state index < -0.39 is 0 Å². The number of hydrogen-bond donors (Lipinski definition) is 1. The lowest BCUT2D eigenvalue weighted by Crippen LogP contribution is -2.54. The first-order valence-corrected chi connectivity index (χ1v) is 9.79. The Bertz CT molecular complexity index is 615. The van der Waals surface area contributed by atoms with Gasteiger partial charge in [0.25, 0.3) is 0 Å². The van der Waals surface area contributed by atoms with Crippen molar-refractivity contribution in [2.24, 2.45) is 16.3 Å². The molecule has 2 saturated carbocycles. The molecule has 1 aromatic rings. The number of piperazine rings is 1. The van der Waals surface area contributed by atoms with Crippen molar-refractivity contribution in [2.75, 3.05) is 39.8 Å². The first-order chi connectivity index (χ1) is 12.2. The summed E-state index contributed by atoms with van der Waals surface area (Å²) in [5.74, 6) is 2.96. The zero-order valence-electron chi connectivity index (χ0n) is 16.0. The first-order valence-electron chi connectivity index (χ1n) is 9.79. The van der Waals surface area contributed by atoms with E-state index in [2.05, 4.69) is 25.3 Å². The second-order valence-corrected chi connectivity index (χ2v) is 8.08. The summed E-state index contributed by atoms with van der Waals surface area (Å²) in [7, 11) is 1.91. The predicted octanol–water partition coefficient (Wildman–Crippen LogP) is 2.87. The van der Waals surface area contributed by atoms with Gasteiger partial charge in [-0.15, -0.1) is 24.0 Å². The largest absolute Gasteiger partial charge is 0.361 e. The topological polar surface area (TPSA) is 56.9 Å². The Kier molecular flexibility index (Phi) is 6.48. The highest BCUT2D eigenvalue weighted by Gasteiger charge is 2.48. The molecule has 0 amide bonds. The summed E-state index contributed by atoms with van der Waals surface area (Å²) in [6, 6.07) is 2.03. The quantitative estimate of drug-likeness (QED) is 0.405. The number of aryl methyl sites for hydroxylation is 1. The highest BCUT2D eigenvalue weighted by atomic mass is 127. The lowest BCUT2D eigenvalue weighted by molar-refractivity contribution is 0.103. The van der Waals surface area contributed by atoms with Gasteiger partial charge in [-0.3, -0.25) is 9.89 Å². The van der Waals surface area contributed by atoms with Gasteiger partial charge in [0, 0.05) is 52.4 Å². The molecular formula is C19H32IN5O. The molecule has 2 heterocycles. The molecule has 1 aliphatic heterocycles. The van der Waals surface area contributed by atoms with Crippen LogP contribution in [-0.2, 0) is 6.54 Å². The van der Waals surface area contributed by atoms with Crippen LogP contribution in [0.1, 0.15) is 43.6 Å². The van der Waals surface area contributed by atoms with Gasteiger partial charge >= 0.3 is 0 Å². The third kappa shape index (κ3) is 4.35. The van der Waals surface area contributed by atoms with E-state index in [0.29, 0.717) is 5.41 Å². The highest BCUT2D eigenvalue weighted by Crippen LogP contribution is 2.56. The van der Waals surface area contributed by atoms with Gasteiger partial charge in [0.2, 0.25) is 0 Å². The molecular weight excluding hydrogens is 441 g/mol. The van der Waals surface area contributed by atoms with Crippen molar-refractivity contribution >= 4 is 29.9 Å². The van der Waals surface area contributed by atoms with E-state index >= 15 is 0 Å². The van der Waals surface area contributed by atoms with Gasteiger partial charge in [-0.1, -0.05) is 11.6 Å². The standard InChI is InChI=1S/C19H31N5O.HI/c1-15-12-17(22-25-15)13-23-8-10-24(11-9-23)18(20-2)21-14-19(6-3-7-19)16-4-5-16;/h12,16H,3-11,13-14H2,1-2H3,(H,20,21);1H. The summed E-state index contributed by atoms with van der Waals surface area (Å²) in [5.41, 5.74) is 1.62. The van der Waals surface area contributed by atoms with Crippen molar-refractivity contribution in [2.45, 2.75) is 45.6 Å². The van der Waals surface area contributed by atoms with Crippen LogP contribution < -0.4 is 5.32 Å². The van der Waals surface area contributed by atoms with Gasteiger partial charge in [-0.2, -0.15) is 0 Å². The fraction of sp³-hybridized carbons (Fsp3) is 0.789. The summed E-state index contributed by atoms with van der Waals surface area (Å²) >= 11 is 0. The number of rotatable bonds is 5. The number of nitrogens with zero attached hydrogens (tertiary/aromatic N) is 4. The van der Waals surface area contributed by atoms with Crippen LogP contribution in [0.5, 0.6) is 0 Å². The summed E-state index contributed by atoms with van der Waals surface area (Å²) in [6.45, 7) is 8.06. The molecule has 3 fully saturated rings. The monoisotopic (exact) mass is 473 g/mol. The van der Waals surface area contributed by atoms with Crippen LogP contribution in [0.15, 0.2) is 15.6 Å². The van der Waals surface area contributed by atoms with Gasteiger partial charge in [0.15, 0.2) is 5.96 Å². The van der Waals surface area contributed by atoms with Crippen molar-refractivity contribution in [3.05, 3.63) is 17.5 Å². The Labute approximate surface area is 173 Å². The van der Waals surface area contributed by atoms with Gasteiger partial charge in [-0.05, 0) is 43.9 Å². The molecule has 1 saturated heterocycles. The molecule has 146 valence electrons. The van der Waals surface area contributed by atoms with E-state index in [1.165, 1.54) is 32.1 Å². The molecule has 1 aromatic heterocycles. The molecule has 6 nitrogen and oxygen atoms in total. The minimum absolute atomic E-state index is 0. The Hall–Kier alpha value is -0.830. The molecule has 2 aliphatic carbocycles. The fourth-order valence-electron chi connectivity index (χ4n) is 4.48. The maximum atomic E-state index is 5.17. The zero-order chi connectivity index (χ0) is 17.3. The first kappa shape index (κ1) is 19.9. The Balaban J connectivity index is 0.00000196. The second kappa shape index (κ2) is 8.46. The summed E-state index contributed by atoms with van der Waals surface area (Å²) in [6.07, 6.45) is 7.12. The molecule has 0 radical (unpaired) electrons. The van der Waals surface area contributed by atoms with Crippen molar-refractivity contribution < 1.29 is 4.52 Å². The zero-order valence-corrected chi connectivity index (χ0v) is 18.4. The normalized spacial score (nSPS) is 23.3. The Morgan fingerprint density at radius 2 is 2.04 bits per heavy atom. The maximum Gasteiger partial charge on any atom is 0.193 e. The van der Waals surface area contributed by atoms with Crippen LogP contribution >= 0.6 is 24.0 Å². The molecule has 4 rings (SSSR count). The Morgan fingerprint density at radius 1 is 1.31 bits per heavy atom. The number of hydrogen-bond acceptors (Lipinski definition) is 4. The second-order valence-electron chi connectivity index (χ2n) is 8.08. The average Bonchev–Trinajstić information content (AvgIpc) is 3.34. The van der Waals surface area contributed by atoms with E-state index in [1.807, 2.05) is 20.0 Å². The lowest BCUT2D eigenvalue weighted by Gasteiger charge is -2.44. The smallest absolute Gasteiger partial charge is 0.193 e. The van der Waals surface area contributed by atoms with Crippen LogP contribution in [0, 0.1) is 18.3 Å². The van der Waals surface area contributed by atoms with Crippen LogP contribution in [0.2, 0.25) is 0 Å². The predicted molar refractivity (Wildman–Crippen MR) is 114 cm³/mol. The van der Waals surface area contributed by atoms with E-state index in [0.717, 1.165) is 62.6 Å². The Morgan fingerprint density at radius 3 is 2.54 bits per heavy atom. The highest BCUT2D eigenvalue weighted by molar-refractivity contribution is 14.0. The van der Waals surface area contributed by atoms with E-state index in [-0.39, 0.29) is 24.0 Å². The van der Waals surface area contributed by atoms with Gasteiger partial charge in [-0.25, -0.2) is 0 Å². The van der Waals surface area contributed by atoms with Crippen molar-refractivity contribution in [3.63, 3.8) is 0 Å². The minimum atomic E-state index is 0. The van der Waals surface area contributed by atoms with E-state index in [4.69, 9.17) is 4.52 Å².